The number of likely N-dealkylation sites (tertiary alicyclic amines) is 1. The van der Waals surface area contributed by atoms with E-state index in [4.69, 9.17) is 4.74 Å². The summed E-state index contributed by atoms with van der Waals surface area (Å²) in [6, 6.07) is 9.33. The van der Waals surface area contributed by atoms with Gasteiger partial charge in [0.25, 0.3) is 0 Å². The lowest BCUT2D eigenvalue weighted by atomic mass is 9.85. The maximum absolute atomic E-state index is 14.7. The van der Waals surface area contributed by atoms with Crippen LogP contribution in [-0.2, 0) is 52.9 Å². The third kappa shape index (κ3) is 13.4. The topological polar surface area (TPSA) is 215 Å². The lowest BCUT2D eigenvalue weighted by Gasteiger charge is -2.32. The Labute approximate surface area is 370 Å². The standard InChI is InChI=1S/C47H64N8O8/c1-7-12-34(44(59)41(58)23-31(6)32-17-20-48-21-18-32)24-40(57)39-26-37(63-47(62)54-22-19-33-13-8-9-14-35(33)27-54)28-55(39)46(61)43(30(4)5)49-45(60)38(29(2)3)25-36(56)15-10-11-16-42-50-52-53-51-42/h8-9,13-14,17-18,20-21,29-31,34,37-39,43H,7,10-12,15-16,19,22-28H2,1-6H3,(H,49,60)(H,50,51,52,53)/t31-,34?,37+,38+,39-,43-/m0/s1. The summed E-state index contributed by atoms with van der Waals surface area (Å²) < 4.78 is 6.03. The number of rotatable bonds is 23. The van der Waals surface area contributed by atoms with Crippen LogP contribution in [0.3, 0.4) is 0 Å². The quantitative estimate of drug-likeness (QED) is 0.0887. The minimum atomic E-state index is -1.08. The van der Waals surface area contributed by atoms with Gasteiger partial charge >= 0.3 is 6.09 Å². The number of tetrazole rings is 1. The van der Waals surface area contributed by atoms with E-state index in [9.17, 15) is 33.6 Å². The largest absolute Gasteiger partial charge is 0.444 e. The number of Topliss-reactive ketones (excluding diaryl/α,β-unsaturated/α-hetero) is 4. The Morgan fingerprint density at radius 2 is 1.63 bits per heavy atom. The van der Waals surface area contributed by atoms with Gasteiger partial charge in [-0.1, -0.05) is 77.4 Å². The molecule has 0 aliphatic carbocycles. The number of carbonyl (C=O) groups excluding carboxylic acids is 7. The Morgan fingerprint density at radius 3 is 2.30 bits per heavy atom. The summed E-state index contributed by atoms with van der Waals surface area (Å²) in [6.45, 7) is 11.7. The van der Waals surface area contributed by atoms with Crippen LogP contribution < -0.4 is 5.32 Å². The molecule has 6 atom stereocenters. The third-order valence-electron chi connectivity index (χ3n) is 12.4. The highest BCUT2D eigenvalue weighted by Gasteiger charge is 2.46. The summed E-state index contributed by atoms with van der Waals surface area (Å²) in [5, 5.41) is 16.8. The average Bonchev–Trinajstić information content (AvgIpc) is 3.96. The van der Waals surface area contributed by atoms with Gasteiger partial charge in [-0.05, 0) is 72.3 Å². The van der Waals surface area contributed by atoms with Crippen LogP contribution in [0.2, 0.25) is 0 Å². The van der Waals surface area contributed by atoms with Gasteiger partial charge in [0.15, 0.2) is 17.4 Å². The number of ketones is 4. The van der Waals surface area contributed by atoms with E-state index >= 15 is 0 Å². The van der Waals surface area contributed by atoms with E-state index in [-0.39, 0.29) is 56.3 Å². The molecular weight excluding hydrogens is 805 g/mol. The van der Waals surface area contributed by atoms with Crippen LogP contribution in [-0.4, -0.2) is 108 Å². The van der Waals surface area contributed by atoms with Crippen molar-refractivity contribution in [3.8, 4) is 0 Å². The van der Waals surface area contributed by atoms with E-state index in [1.54, 1.807) is 43.3 Å². The monoisotopic (exact) mass is 868 g/mol. The van der Waals surface area contributed by atoms with E-state index in [1.165, 1.54) is 4.90 Å². The molecule has 16 heteroatoms. The van der Waals surface area contributed by atoms with Crippen LogP contribution in [0.1, 0.15) is 128 Å². The molecule has 1 saturated heterocycles. The Balaban J connectivity index is 1.30. The molecule has 16 nitrogen and oxygen atoms in total. The molecule has 1 unspecified atom stereocenters. The maximum atomic E-state index is 14.7. The zero-order chi connectivity index (χ0) is 45.6. The number of ether oxygens (including phenoxy) is 1. The van der Waals surface area contributed by atoms with E-state index in [2.05, 4.69) is 30.9 Å². The molecule has 2 aliphatic heterocycles. The lowest BCUT2D eigenvalue weighted by Crippen LogP contribution is -2.55. The van der Waals surface area contributed by atoms with E-state index < -0.39 is 71.2 Å². The molecule has 2 N–H and O–H groups in total. The van der Waals surface area contributed by atoms with Gasteiger partial charge in [-0.3, -0.25) is 33.8 Å². The summed E-state index contributed by atoms with van der Waals surface area (Å²) in [6.07, 6.45) is 5.19. The molecule has 0 saturated carbocycles. The second kappa shape index (κ2) is 23.1. The minimum absolute atomic E-state index is 0.00143. The number of hydrogen-bond acceptors (Lipinski definition) is 12. The molecule has 4 heterocycles. The number of aromatic amines is 1. The predicted octanol–water partition coefficient (Wildman–Crippen LogP) is 5.55. The summed E-state index contributed by atoms with van der Waals surface area (Å²) >= 11 is 0. The predicted molar refractivity (Wildman–Crippen MR) is 233 cm³/mol. The first-order valence-electron chi connectivity index (χ1n) is 22.5. The van der Waals surface area contributed by atoms with Crippen molar-refractivity contribution in [3.05, 3.63) is 71.3 Å². The number of pyridine rings is 1. The first kappa shape index (κ1) is 48.4. The van der Waals surface area contributed by atoms with Crippen LogP contribution in [0.15, 0.2) is 48.8 Å². The van der Waals surface area contributed by atoms with Crippen molar-refractivity contribution < 1.29 is 38.3 Å². The van der Waals surface area contributed by atoms with Crippen molar-refractivity contribution in [3.63, 3.8) is 0 Å². The second-order valence-electron chi connectivity index (χ2n) is 17.9. The highest BCUT2D eigenvalue weighted by Crippen LogP contribution is 2.30. The maximum Gasteiger partial charge on any atom is 0.410 e. The molecule has 1 fully saturated rings. The van der Waals surface area contributed by atoms with Gasteiger partial charge in [0.2, 0.25) is 17.6 Å². The van der Waals surface area contributed by atoms with Crippen molar-refractivity contribution in [2.45, 2.75) is 143 Å². The van der Waals surface area contributed by atoms with Gasteiger partial charge in [-0.15, -0.1) is 10.2 Å². The number of hydrogen-bond donors (Lipinski definition) is 2. The summed E-state index contributed by atoms with van der Waals surface area (Å²) in [5.41, 5.74) is 3.05. The molecule has 0 radical (unpaired) electrons. The van der Waals surface area contributed by atoms with Gasteiger partial charge in [0, 0.05) is 75.8 Å². The molecular formula is C47H64N8O8. The zero-order valence-corrected chi connectivity index (χ0v) is 37.6. The SMILES string of the molecule is CCCC(CC(=O)[C@@H]1C[C@@H](OC(=O)N2CCc3ccccc3C2)CN1C(=O)[C@@H](NC(=O)[C@H](CC(=O)CCCCc1nn[nH]n1)C(C)C)C(C)C)C(=O)C(=O)C[C@H](C)c1ccncc1. The summed E-state index contributed by atoms with van der Waals surface area (Å²) in [5.74, 6) is -4.56. The van der Waals surface area contributed by atoms with Gasteiger partial charge in [0.05, 0.1) is 12.6 Å². The molecule has 3 amide bonds. The Hall–Kier alpha value is -5.67. The Kier molecular flexibility index (Phi) is 17.8. The molecule has 340 valence electrons. The van der Waals surface area contributed by atoms with Crippen LogP contribution in [0.25, 0.3) is 0 Å². The fraction of sp³-hybridized carbons (Fsp3) is 0.596. The summed E-state index contributed by atoms with van der Waals surface area (Å²) in [4.78, 5) is 104. The molecule has 0 bridgehead atoms. The van der Waals surface area contributed by atoms with Gasteiger partial charge in [0.1, 0.15) is 17.9 Å². The first-order valence-corrected chi connectivity index (χ1v) is 22.5. The van der Waals surface area contributed by atoms with Gasteiger partial charge in [-0.25, -0.2) is 4.79 Å². The molecule has 2 aliphatic rings. The van der Waals surface area contributed by atoms with E-state index in [0.29, 0.717) is 57.4 Å². The number of amides is 3. The van der Waals surface area contributed by atoms with Crippen LogP contribution in [0.4, 0.5) is 4.79 Å². The number of unbranched alkanes of at least 4 members (excludes halogenated alkanes) is 1. The molecule has 63 heavy (non-hydrogen) atoms. The molecule has 1 aromatic carbocycles. The van der Waals surface area contributed by atoms with Crippen LogP contribution >= 0.6 is 0 Å². The van der Waals surface area contributed by atoms with Crippen molar-refractivity contribution in [2.24, 2.45) is 23.7 Å². The molecule has 5 rings (SSSR count). The van der Waals surface area contributed by atoms with E-state index in [0.717, 1.165) is 16.7 Å². The number of aryl methyl sites for hydroxylation is 1. The number of nitrogens with one attached hydrogen (secondary N) is 2. The smallest absolute Gasteiger partial charge is 0.410 e. The van der Waals surface area contributed by atoms with Gasteiger partial charge < -0.3 is 19.9 Å². The number of benzene rings is 1. The first-order chi connectivity index (χ1) is 30.2. The Bertz CT molecular complexity index is 2040. The number of H-pyrrole nitrogens is 1. The highest BCUT2D eigenvalue weighted by atomic mass is 16.6. The fourth-order valence-corrected chi connectivity index (χ4v) is 8.59. The normalized spacial score (nSPS) is 18.0. The highest BCUT2D eigenvalue weighted by molar-refractivity contribution is 6.38. The summed E-state index contributed by atoms with van der Waals surface area (Å²) in [7, 11) is 0. The zero-order valence-electron chi connectivity index (χ0n) is 37.6. The second-order valence-corrected chi connectivity index (χ2v) is 17.9. The van der Waals surface area contributed by atoms with Gasteiger partial charge in [-0.2, -0.15) is 5.21 Å². The fourth-order valence-electron chi connectivity index (χ4n) is 8.59. The molecule has 2 aromatic heterocycles. The minimum Gasteiger partial charge on any atom is -0.444 e. The molecule has 0 spiro atoms. The van der Waals surface area contributed by atoms with Crippen molar-refractivity contribution in [1.82, 2.24) is 40.7 Å². The van der Waals surface area contributed by atoms with Crippen molar-refractivity contribution in [1.29, 1.82) is 0 Å². The van der Waals surface area contributed by atoms with Crippen LogP contribution in [0, 0.1) is 23.7 Å². The number of aromatic nitrogens is 5. The average molecular weight is 869 g/mol. The molecule has 3 aromatic rings. The Morgan fingerprint density at radius 1 is 0.905 bits per heavy atom. The lowest BCUT2D eigenvalue weighted by molar-refractivity contribution is -0.144. The number of nitrogens with zero attached hydrogens (tertiary/aromatic N) is 6. The third-order valence-corrected chi connectivity index (χ3v) is 12.4. The van der Waals surface area contributed by atoms with Crippen LogP contribution in [0.5, 0.6) is 0 Å². The van der Waals surface area contributed by atoms with Crippen molar-refractivity contribution >= 4 is 41.0 Å². The van der Waals surface area contributed by atoms with E-state index in [1.807, 2.05) is 52.0 Å². The number of carbonyl (C=O) groups is 7. The van der Waals surface area contributed by atoms with Crippen molar-refractivity contribution in [2.75, 3.05) is 13.1 Å². The number of fused-ring (bicyclic) bond motifs is 1.